The van der Waals surface area contributed by atoms with Crippen molar-refractivity contribution >= 4 is 22.6 Å². The molecule has 2 aromatic carbocycles. The number of nitrogens with one attached hydrogen (secondary N) is 1. The average Bonchev–Trinajstić information content (AvgIpc) is 2.97. The van der Waals surface area contributed by atoms with E-state index in [2.05, 4.69) is 31.2 Å². The van der Waals surface area contributed by atoms with Crippen LogP contribution < -0.4 is 10.1 Å². The van der Waals surface area contributed by atoms with Crippen molar-refractivity contribution in [3.05, 3.63) is 53.7 Å². The summed E-state index contributed by atoms with van der Waals surface area (Å²) in [6, 6.07) is 13.4. The summed E-state index contributed by atoms with van der Waals surface area (Å²) in [6.45, 7) is 6.38. The molecule has 25 heavy (non-hydrogen) atoms. The molecule has 5 heteroatoms. The Hall–Kier alpha value is -2.82. The van der Waals surface area contributed by atoms with E-state index in [0.717, 1.165) is 10.9 Å². The maximum absolute atomic E-state index is 12.5. The number of benzene rings is 2. The van der Waals surface area contributed by atoms with Crippen LogP contribution in [0.15, 0.2) is 47.0 Å². The zero-order chi connectivity index (χ0) is 18.0. The van der Waals surface area contributed by atoms with Crippen molar-refractivity contribution in [1.82, 2.24) is 5.16 Å². The highest BCUT2D eigenvalue weighted by Gasteiger charge is 2.18. The van der Waals surface area contributed by atoms with Crippen LogP contribution in [0, 0.1) is 0 Å². The number of para-hydroxylation sites is 1. The van der Waals surface area contributed by atoms with Crippen molar-refractivity contribution in [2.24, 2.45) is 0 Å². The number of hydrogen-bond donors (Lipinski definition) is 1. The fourth-order valence-electron chi connectivity index (χ4n) is 2.68. The van der Waals surface area contributed by atoms with Crippen LogP contribution in [0.2, 0.25) is 0 Å². The molecular weight excluding hydrogens is 316 g/mol. The molecule has 3 rings (SSSR count). The van der Waals surface area contributed by atoms with Gasteiger partial charge < -0.3 is 14.6 Å². The van der Waals surface area contributed by atoms with Gasteiger partial charge in [0.25, 0.3) is 0 Å². The number of aromatic nitrogens is 1. The van der Waals surface area contributed by atoms with Gasteiger partial charge in [0.05, 0.1) is 19.2 Å². The molecule has 1 heterocycles. The fraction of sp³-hybridized carbons (Fsp3) is 0.300. The molecule has 0 saturated heterocycles. The molecule has 0 atom stereocenters. The SMILES string of the molecule is COc1ccc(C(C)(C)C)cc1NC(=O)Cc1noc2ccccc12. The van der Waals surface area contributed by atoms with E-state index in [9.17, 15) is 4.79 Å². The Kier molecular flexibility index (Phi) is 4.49. The van der Waals surface area contributed by atoms with Crippen LogP contribution in [-0.4, -0.2) is 18.2 Å². The van der Waals surface area contributed by atoms with Gasteiger partial charge in [-0.2, -0.15) is 0 Å². The Morgan fingerprint density at radius 2 is 1.96 bits per heavy atom. The second-order valence-electron chi connectivity index (χ2n) is 7.02. The zero-order valence-corrected chi connectivity index (χ0v) is 14.9. The lowest BCUT2D eigenvalue weighted by molar-refractivity contribution is -0.115. The molecule has 0 aliphatic rings. The van der Waals surface area contributed by atoms with Gasteiger partial charge in [-0.25, -0.2) is 0 Å². The first kappa shape index (κ1) is 17.0. The molecule has 5 nitrogen and oxygen atoms in total. The summed E-state index contributed by atoms with van der Waals surface area (Å²) < 4.78 is 10.6. The minimum absolute atomic E-state index is 0.0198. The Labute approximate surface area is 147 Å². The number of fused-ring (bicyclic) bond motifs is 1. The molecule has 0 fully saturated rings. The van der Waals surface area contributed by atoms with Gasteiger partial charge in [-0.15, -0.1) is 0 Å². The summed E-state index contributed by atoms with van der Waals surface area (Å²) in [7, 11) is 1.59. The first-order valence-electron chi connectivity index (χ1n) is 8.20. The van der Waals surface area contributed by atoms with Crippen molar-refractivity contribution in [3.63, 3.8) is 0 Å². The first-order chi connectivity index (χ1) is 11.9. The zero-order valence-electron chi connectivity index (χ0n) is 14.9. The minimum Gasteiger partial charge on any atom is -0.495 e. The van der Waals surface area contributed by atoms with Crippen molar-refractivity contribution in [2.75, 3.05) is 12.4 Å². The monoisotopic (exact) mass is 338 g/mol. The number of carbonyl (C=O) groups is 1. The number of anilines is 1. The third-order valence-electron chi connectivity index (χ3n) is 4.12. The fourth-order valence-corrected chi connectivity index (χ4v) is 2.68. The lowest BCUT2D eigenvalue weighted by atomic mass is 9.87. The van der Waals surface area contributed by atoms with Gasteiger partial charge in [-0.3, -0.25) is 4.79 Å². The van der Waals surface area contributed by atoms with Crippen LogP contribution in [0.5, 0.6) is 5.75 Å². The van der Waals surface area contributed by atoms with Crippen LogP contribution >= 0.6 is 0 Å². The maximum atomic E-state index is 12.5. The van der Waals surface area contributed by atoms with Gasteiger partial charge in [-0.1, -0.05) is 44.1 Å². The summed E-state index contributed by atoms with van der Waals surface area (Å²) >= 11 is 0. The van der Waals surface area contributed by atoms with Crippen LogP contribution in [0.3, 0.4) is 0 Å². The quantitative estimate of drug-likeness (QED) is 0.769. The molecule has 0 bridgehead atoms. The molecule has 1 amide bonds. The molecule has 0 spiro atoms. The van der Waals surface area contributed by atoms with Gasteiger partial charge in [0, 0.05) is 5.39 Å². The molecule has 130 valence electrons. The average molecular weight is 338 g/mol. The summed E-state index contributed by atoms with van der Waals surface area (Å²) in [5.74, 6) is 0.467. The van der Waals surface area contributed by atoms with Crippen LogP contribution in [0.4, 0.5) is 5.69 Å². The van der Waals surface area contributed by atoms with E-state index in [0.29, 0.717) is 22.7 Å². The number of carbonyl (C=O) groups excluding carboxylic acids is 1. The van der Waals surface area contributed by atoms with E-state index in [1.807, 2.05) is 42.5 Å². The maximum Gasteiger partial charge on any atom is 0.230 e. The second kappa shape index (κ2) is 6.59. The highest BCUT2D eigenvalue weighted by molar-refractivity contribution is 5.95. The Balaban J connectivity index is 1.83. The summed E-state index contributed by atoms with van der Waals surface area (Å²) in [6.07, 6.45) is 0.139. The predicted octanol–water partition coefficient (Wildman–Crippen LogP) is 4.32. The van der Waals surface area contributed by atoms with Gasteiger partial charge in [0.1, 0.15) is 11.4 Å². The summed E-state index contributed by atoms with van der Waals surface area (Å²) in [5, 5.41) is 7.80. The summed E-state index contributed by atoms with van der Waals surface area (Å²) in [5.41, 5.74) is 3.06. The van der Waals surface area contributed by atoms with Crippen molar-refractivity contribution in [1.29, 1.82) is 0 Å². The molecular formula is C20H22N2O3. The van der Waals surface area contributed by atoms with Crippen LogP contribution in [-0.2, 0) is 16.6 Å². The summed E-state index contributed by atoms with van der Waals surface area (Å²) in [4.78, 5) is 12.5. The van der Waals surface area contributed by atoms with Crippen LogP contribution in [0.25, 0.3) is 11.0 Å². The van der Waals surface area contributed by atoms with Gasteiger partial charge in [0.15, 0.2) is 5.58 Å². The van der Waals surface area contributed by atoms with E-state index in [-0.39, 0.29) is 17.7 Å². The van der Waals surface area contributed by atoms with E-state index in [1.54, 1.807) is 7.11 Å². The molecule has 1 aromatic heterocycles. The highest BCUT2D eigenvalue weighted by atomic mass is 16.5. The molecule has 0 aliphatic heterocycles. The number of rotatable bonds is 4. The number of nitrogens with zero attached hydrogens (tertiary/aromatic N) is 1. The van der Waals surface area contributed by atoms with E-state index >= 15 is 0 Å². The lowest BCUT2D eigenvalue weighted by Crippen LogP contribution is -2.17. The largest absolute Gasteiger partial charge is 0.495 e. The van der Waals surface area contributed by atoms with Gasteiger partial charge >= 0.3 is 0 Å². The first-order valence-corrected chi connectivity index (χ1v) is 8.20. The van der Waals surface area contributed by atoms with E-state index in [4.69, 9.17) is 9.26 Å². The van der Waals surface area contributed by atoms with E-state index in [1.165, 1.54) is 0 Å². The molecule has 0 aliphatic carbocycles. The minimum atomic E-state index is -0.164. The normalized spacial score (nSPS) is 11.5. The molecule has 1 N–H and O–H groups in total. The smallest absolute Gasteiger partial charge is 0.230 e. The molecule has 0 unspecified atom stereocenters. The Morgan fingerprint density at radius 3 is 2.68 bits per heavy atom. The standard InChI is InChI=1S/C20H22N2O3/c1-20(2,3)13-9-10-18(24-4)16(11-13)21-19(23)12-15-14-7-5-6-8-17(14)25-22-15/h5-11H,12H2,1-4H3,(H,21,23). The molecule has 0 saturated carbocycles. The topological polar surface area (TPSA) is 64.4 Å². The molecule has 0 radical (unpaired) electrons. The van der Waals surface area contributed by atoms with Crippen LogP contribution in [0.1, 0.15) is 32.0 Å². The number of hydrogen-bond acceptors (Lipinski definition) is 4. The van der Waals surface area contributed by atoms with Gasteiger partial charge in [-0.05, 0) is 35.2 Å². The number of ether oxygens (including phenoxy) is 1. The lowest BCUT2D eigenvalue weighted by Gasteiger charge is -2.21. The highest BCUT2D eigenvalue weighted by Crippen LogP contribution is 2.31. The van der Waals surface area contributed by atoms with E-state index < -0.39 is 0 Å². The third-order valence-corrected chi connectivity index (χ3v) is 4.12. The van der Waals surface area contributed by atoms with Crippen molar-refractivity contribution in [3.8, 4) is 5.75 Å². The molecule has 3 aromatic rings. The Bertz CT molecular complexity index is 907. The second-order valence-corrected chi connectivity index (χ2v) is 7.02. The van der Waals surface area contributed by atoms with Gasteiger partial charge in [0.2, 0.25) is 5.91 Å². The Morgan fingerprint density at radius 1 is 1.20 bits per heavy atom. The third kappa shape index (κ3) is 3.65. The van der Waals surface area contributed by atoms with Crippen molar-refractivity contribution < 1.29 is 14.1 Å². The number of methoxy groups -OCH3 is 1. The number of amides is 1. The van der Waals surface area contributed by atoms with Crippen molar-refractivity contribution in [2.45, 2.75) is 32.6 Å². The predicted molar refractivity (Wildman–Crippen MR) is 98.0 cm³/mol.